The molecule has 12 aliphatic rings. The Morgan fingerprint density at radius 3 is 0.914 bits per heavy atom. The fourth-order valence-electron chi connectivity index (χ4n) is 19.3. The molecule has 37 heteroatoms. The first kappa shape index (κ1) is 136. The van der Waals surface area contributed by atoms with Crippen LogP contribution in [0.3, 0.4) is 0 Å². The van der Waals surface area contributed by atoms with Crippen LogP contribution in [-0.2, 0) is 128 Å². The van der Waals surface area contributed by atoms with Gasteiger partial charge >= 0.3 is 94.9 Å². The van der Waals surface area contributed by atoms with E-state index in [0.29, 0.717) is 67.6 Å². The van der Waals surface area contributed by atoms with E-state index in [4.69, 9.17) is 101 Å². The molecule has 0 aromatic carbocycles. The van der Waals surface area contributed by atoms with E-state index in [1.165, 1.54) is 13.2 Å². The van der Waals surface area contributed by atoms with Crippen molar-refractivity contribution >= 4 is 66.9 Å². The molecule has 34 nitrogen and oxygen atoms in total. The summed E-state index contributed by atoms with van der Waals surface area (Å²) in [5.41, 5.74) is 6.97. The van der Waals surface area contributed by atoms with Gasteiger partial charge in [0, 0.05) is 37.5 Å². The molecule has 7 N–H and O–H groups in total. The Hall–Kier alpha value is -3.96. The second-order valence-corrected chi connectivity index (χ2v) is 45.7. The van der Waals surface area contributed by atoms with Crippen molar-refractivity contribution in [3.05, 3.63) is 23.7 Å². The van der Waals surface area contributed by atoms with Gasteiger partial charge in [0.15, 0.2) is 40.7 Å². The first-order valence-corrected chi connectivity index (χ1v) is 49.5. The van der Waals surface area contributed by atoms with Crippen LogP contribution >= 0.6 is 12.4 Å². The largest absolute Gasteiger partial charge is 1.00 e. The molecule has 12 rings (SSSR count). The number of rotatable bonds is 19. The van der Waals surface area contributed by atoms with E-state index in [2.05, 4.69) is 55.8 Å². The summed E-state index contributed by atoms with van der Waals surface area (Å²) in [5, 5.41) is 34.1. The molecule has 7 aliphatic heterocycles. The van der Waals surface area contributed by atoms with Crippen molar-refractivity contribution in [3.8, 4) is 0 Å². The maximum Gasteiger partial charge on any atom is 1.00 e. The van der Waals surface area contributed by atoms with E-state index in [9.17, 15) is 43.8 Å². The van der Waals surface area contributed by atoms with Crippen LogP contribution < -0.4 is 75.7 Å². The number of guanidine groups is 1. The van der Waals surface area contributed by atoms with Crippen LogP contribution in [0.2, 0.25) is 0 Å². The van der Waals surface area contributed by atoms with E-state index >= 15 is 0 Å². The summed E-state index contributed by atoms with van der Waals surface area (Å²) in [5.74, 6) is -3.38. The second kappa shape index (κ2) is 57.7. The topological polar surface area (TPSA) is 456 Å². The van der Waals surface area contributed by atoms with Crippen LogP contribution in [0, 0.1) is 64.6 Å². The summed E-state index contributed by atoms with van der Waals surface area (Å²) in [6.07, 6.45) is 14.8. The molecule has 0 aromatic rings. The van der Waals surface area contributed by atoms with E-state index < -0.39 is 68.7 Å². The molecule has 806 valence electrons. The molecule has 7 heterocycles. The van der Waals surface area contributed by atoms with Crippen molar-refractivity contribution in [1.29, 1.82) is 5.41 Å². The molecule has 140 heavy (non-hydrogen) atoms. The molecule has 0 amide bonds. The van der Waals surface area contributed by atoms with E-state index in [1.54, 1.807) is 21.0 Å². The number of ether oxygens (including phenoxy) is 20. The molecule has 0 unspecified atom stereocenters. The van der Waals surface area contributed by atoms with Gasteiger partial charge in [-0.1, -0.05) is 67.2 Å². The summed E-state index contributed by atoms with van der Waals surface area (Å²) >= 11 is 0. The van der Waals surface area contributed by atoms with Crippen LogP contribution in [-0.4, -0.2) is 239 Å². The number of carbonyl (C=O) groups excluding carboxylic acids is 7. The SMILES string of the molecule is CC(=O)OC(C)(C)C.CC(C)(C)OC(=O)C[C@@H]1C[C@H](CO)[C@H]2OC(C)(C)O[C@@H]12.CCOC=O.CC[C@H]1C[C@@H](/C(=C/O)C(=O)OC(C)(C)C)[C@@H]2OC(C)(C)O[C@H]12.CC[C@H]1C[C@@H](/C(=C/OC)C(=O)OC(C)(C)C)[C@@H]2OC(C)(C)O[C@H]12.CC[C@H]1C[C@@H](CC(=O)OC(C)(C)C)[C@@H]2OC(C)(C)O[C@H]12.CC[C@H]1C[C@@H](CC(=O)OC(C)(C)C)[C@@H]2OC(C)(C)O[C@H]12.CC[C@H]1N=C[C@@H]2OC(C)(C)O[C@@H]21.CC[O-].Cl.N=C(N)N.[H-].[Na+].[Na+]. The van der Waals surface area contributed by atoms with Crippen molar-refractivity contribution < 1.29 is 204 Å². The van der Waals surface area contributed by atoms with Crippen LogP contribution in [0.15, 0.2) is 28.7 Å². The third kappa shape index (κ3) is 46.4. The summed E-state index contributed by atoms with van der Waals surface area (Å²) in [7, 11) is 1.55. The number of carbonyl (C=O) groups is 7. The summed E-state index contributed by atoms with van der Waals surface area (Å²) < 4.78 is 113. The number of aliphatic hydroxyl groups excluding tert-OH is 2. The molecule has 6 saturated heterocycles. The number of nitrogens with one attached hydrogen (secondary N) is 1. The maximum absolute atomic E-state index is 12.6. The Morgan fingerprint density at radius 1 is 0.421 bits per heavy atom. The number of fused-ring (bicyclic) bond motifs is 6. The Balaban J connectivity index is 0. The number of aliphatic imine (C=N–C) groups is 1. The summed E-state index contributed by atoms with van der Waals surface area (Å²) in [6.45, 7) is 72.9. The number of aliphatic hydroxyl groups is 2. The number of methoxy groups -OCH3 is 1. The number of halogens is 1. The molecule has 11 fully saturated rings. The number of hydrogen-bond acceptors (Lipinski definition) is 32. The maximum atomic E-state index is 12.6. The van der Waals surface area contributed by atoms with Crippen LogP contribution in [0.5, 0.6) is 0 Å². The third-order valence-electron chi connectivity index (χ3n) is 23.7. The van der Waals surface area contributed by atoms with E-state index in [0.717, 1.165) is 70.5 Å². The first-order valence-electron chi connectivity index (χ1n) is 49.5. The van der Waals surface area contributed by atoms with Crippen molar-refractivity contribution in [2.24, 2.45) is 75.6 Å². The van der Waals surface area contributed by atoms with Gasteiger partial charge in [0.2, 0.25) is 0 Å². The molecule has 5 saturated carbocycles. The predicted molar refractivity (Wildman–Crippen MR) is 525 cm³/mol. The van der Waals surface area contributed by atoms with Gasteiger partial charge in [-0.3, -0.25) is 34.4 Å². The fraction of sp³-hybridized carbons (Fsp3) is 0.874. The smallest absolute Gasteiger partial charge is 1.00 e. The third-order valence-corrected chi connectivity index (χ3v) is 23.7. The average molecular weight is 2040 g/mol. The summed E-state index contributed by atoms with van der Waals surface area (Å²) in [4.78, 5) is 84.8. The monoisotopic (exact) mass is 2040 g/mol. The van der Waals surface area contributed by atoms with Gasteiger partial charge in [-0.15, -0.1) is 19.0 Å². The van der Waals surface area contributed by atoms with Crippen LogP contribution in [0.4, 0.5) is 0 Å². The van der Waals surface area contributed by atoms with Gasteiger partial charge in [-0.25, -0.2) is 9.59 Å². The molecule has 0 aromatic heterocycles. The predicted octanol–water partition coefficient (Wildman–Crippen LogP) is 10.8. The van der Waals surface area contributed by atoms with Gasteiger partial charge in [-0.05, 0) is 295 Å². The number of nitrogens with zero attached hydrogens (tertiary/aromatic N) is 1. The fourth-order valence-corrected chi connectivity index (χ4v) is 19.3. The Kier molecular flexibility index (Phi) is 56.1. The molecular weight excluding hydrogens is 1850 g/mol. The van der Waals surface area contributed by atoms with Crippen molar-refractivity contribution in [3.63, 3.8) is 0 Å². The minimum atomic E-state index is -0.657. The molecule has 0 bridgehead atoms. The van der Waals surface area contributed by atoms with Gasteiger partial charge < -0.3 is 123 Å². The standard InChI is InChI=1S/C18H30O5.C17H28O5.2C16H28O4.C15H26O5.C9H15NO2.C6H12O2.C3H6O2.C2H5O.CH5N3.ClH.2Na.H/c1-8-11-9-12(15-14(11)21-18(5,6)22-15)13(10-20-7)16(19)23-17(2,3)4;1-7-10-8-11(14-13(10)20-17(5,6)21-14)12(9-18)15(19)22-16(2,3)4;2*1-7-10-8-11(9-12(17)18-15(2,3)4)14-13(10)19-16(5,6)20-14;1-14(2,3)18-11(17)7-9-6-10(8-16)13-12(9)19-15(4,5)20-13;1-4-6-8-7(5-10-6)11-9(2,3)12-8;1-5(7)8-6(2,3)4;1-2-5-3-4;1-2-3;2-1(3)4;;;;/h10-12,14-15H,8-9H2,1-7H3;9-11,13-14,18H,7-8H2,1-6H3;2*10-11,13-14H,7-9H2,1-6H3;9-10,12-13,16H,6-8H2,1-5H3;5-8H,4H2,1-3H3;1-4H3;3H,2H2,1H3;2H2,1H3;(H5,2,3,4);1H;;;/q;;;;;;;;-1;;;2*+1;-1/b13-10-;12-9-;;;;;;;;;;;;/t11-,12-,14+,15-;3*10-,11-,13+,14-;9-,10+,12-,13+;6-,7+,8-;;;;;;;;/m000001......../s1. The Labute approximate surface area is 890 Å². The normalized spacial score (nSPS) is 31.2. The van der Waals surface area contributed by atoms with E-state index in [1.807, 2.05) is 214 Å². The zero-order valence-corrected chi connectivity index (χ0v) is 98.1. The number of esters is 6. The van der Waals surface area contributed by atoms with Crippen molar-refractivity contribution in [1.82, 2.24) is 0 Å². The second-order valence-electron chi connectivity index (χ2n) is 45.7. The summed E-state index contributed by atoms with van der Waals surface area (Å²) in [6, 6.07) is 0.303. The molecular formula is C103H185ClN4Na2O30. The van der Waals surface area contributed by atoms with Crippen molar-refractivity contribution in [2.45, 2.75) is 494 Å². The first-order chi connectivity index (χ1) is 62.6. The van der Waals surface area contributed by atoms with E-state index in [-0.39, 0.29) is 242 Å². The number of nitrogens with two attached hydrogens (primary N) is 2. The van der Waals surface area contributed by atoms with Gasteiger partial charge in [0.1, 0.15) is 45.8 Å². The van der Waals surface area contributed by atoms with Crippen LogP contribution in [0.25, 0.3) is 0 Å². The van der Waals surface area contributed by atoms with Crippen molar-refractivity contribution in [2.75, 3.05) is 26.9 Å². The minimum absolute atomic E-state index is 0. The van der Waals surface area contributed by atoms with Gasteiger partial charge in [-0.2, -0.15) is 0 Å². The Bertz CT molecular complexity index is 3710. The molecule has 0 radical (unpaired) electrons. The Morgan fingerprint density at radius 2 is 0.671 bits per heavy atom. The molecule has 0 spiro atoms. The van der Waals surface area contributed by atoms with Crippen LogP contribution in [0.1, 0.15) is 348 Å². The molecule has 5 aliphatic carbocycles. The van der Waals surface area contributed by atoms with Gasteiger partial charge in [0.05, 0.1) is 124 Å². The number of hydrogen-bond donors (Lipinski definition) is 5. The zero-order chi connectivity index (χ0) is 105. The average Bonchev–Trinajstić information content (AvgIpc) is 1.66. The molecule has 23 atom stereocenters. The quantitative estimate of drug-likeness (QED) is 0.0117. The minimum Gasteiger partial charge on any atom is -1.00 e. The van der Waals surface area contributed by atoms with Gasteiger partial charge in [0.25, 0.3) is 6.47 Å². The zero-order valence-electron chi connectivity index (χ0n) is 94.2.